The van der Waals surface area contributed by atoms with E-state index in [-0.39, 0.29) is 12.0 Å². The number of ether oxygens (including phenoxy) is 2. The summed E-state index contributed by atoms with van der Waals surface area (Å²) in [5.41, 5.74) is 1.11. The number of esters is 1. The first kappa shape index (κ1) is 20.2. The van der Waals surface area contributed by atoms with Crippen molar-refractivity contribution in [2.45, 2.75) is 19.9 Å². The summed E-state index contributed by atoms with van der Waals surface area (Å²) in [5, 5.41) is 0.701. The molecule has 24 heavy (non-hydrogen) atoms. The molecule has 0 aliphatic carbocycles. The van der Waals surface area contributed by atoms with Crippen LogP contribution in [0.2, 0.25) is 5.02 Å². The van der Waals surface area contributed by atoms with E-state index in [1.165, 1.54) is 6.08 Å². The SMILES string of the molecule is CC#CCN(C)C(COC/C=C/C(=O)OCC)c1ccc(Cl)cc1. The highest BCUT2D eigenvalue weighted by Crippen LogP contribution is 2.21. The van der Waals surface area contributed by atoms with Gasteiger partial charge >= 0.3 is 5.97 Å². The lowest BCUT2D eigenvalue weighted by Crippen LogP contribution is -2.28. The van der Waals surface area contributed by atoms with Crippen LogP contribution in [0.5, 0.6) is 0 Å². The van der Waals surface area contributed by atoms with Gasteiger partial charge in [-0.15, -0.1) is 5.92 Å². The average Bonchev–Trinajstić information content (AvgIpc) is 2.57. The Morgan fingerprint density at radius 2 is 2.08 bits per heavy atom. The fourth-order valence-electron chi connectivity index (χ4n) is 2.06. The van der Waals surface area contributed by atoms with Crippen LogP contribution in [-0.2, 0) is 14.3 Å². The second kappa shape index (κ2) is 11.7. The van der Waals surface area contributed by atoms with Crippen LogP contribution in [0, 0.1) is 11.8 Å². The first-order valence-corrected chi connectivity index (χ1v) is 8.22. The van der Waals surface area contributed by atoms with E-state index in [1.807, 2.05) is 38.2 Å². The maximum Gasteiger partial charge on any atom is 0.330 e. The Hall–Kier alpha value is -1.80. The fourth-order valence-corrected chi connectivity index (χ4v) is 2.19. The minimum atomic E-state index is -0.356. The molecule has 0 bridgehead atoms. The molecule has 1 aromatic carbocycles. The van der Waals surface area contributed by atoms with Gasteiger partial charge in [0.15, 0.2) is 0 Å². The molecule has 0 aliphatic rings. The van der Waals surface area contributed by atoms with Gasteiger partial charge in [0.2, 0.25) is 0 Å². The third-order valence-electron chi connectivity index (χ3n) is 3.32. The fraction of sp³-hybridized carbons (Fsp3) is 0.421. The second-order valence-corrected chi connectivity index (χ2v) is 5.54. The monoisotopic (exact) mass is 349 g/mol. The van der Waals surface area contributed by atoms with Gasteiger partial charge in [0.1, 0.15) is 0 Å². The predicted octanol–water partition coefficient (Wildman–Crippen LogP) is 3.47. The van der Waals surface area contributed by atoms with Crippen LogP contribution in [0.4, 0.5) is 0 Å². The van der Waals surface area contributed by atoms with Crippen LogP contribution in [0.15, 0.2) is 36.4 Å². The van der Waals surface area contributed by atoms with E-state index in [9.17, 15) is 4.79 Å². The van der Waals surface area contributed by atoms with Crippen LogP contribution >= 0.6 is 11.6 Å². The first-order chi connectivity index (χ1) is 11.6. The molecule has 0 aliphatic heterocycles. The van der Waals surface area contributed by atoms with Gasteiger partial charge in [0, 0.05) is 11.1 Å². The molecule has 1 rings (SSSR count). The Morgan fingerprint density at radius 1 is 1.38 bits per heavy atom. The molecular formula is C19H24ClNO3. The summed E-state index contributed by atoms with van der Waals surface area (Å²) in [6.07, 6.45) is 3.04. The highest BCUT2D eigenvalue weighted by molar-refractivity contribution is 6.30. The van der Waals surface area contributed by atoms with Crippen LogP contribution in [-0.4, -0.2) is 44.3 Å². The molecule has 130 valence electrons. The van der Waals surface area contributed by atoms with E-state index >= 15 is 0 Å². The van der Waals surface area contributed by atoms with Crippen molar-refractivity contribution in [2.24, 2.45) is 0 Å². The van der Waals surface area contributed by atoms with Gasteiger partial charge in [0.25, 0.3) is 0 Å². The van der Waals surface area contributed by atoms with Crippen LogP contribution in [0.1, 0.15) is 25.5 Å². The molecule has 0 saturated carbocycles. The second-order valence-electron chi connectivity index (χ2n) is 5.10. The Kier molecular flexibility index (Phi) is 9.86. The highest BCUT2D eigenvalue weighted by atomic mass is 35.5. The maximum atomic E-state index is 11.2. The van der Waals surface area contributed by atoms with Crippen molar-refractivity contribution in [3.05, 3.63) is 47.0 Å². The zero-order valence-electron chi connectivity index (χ0n) is 14.4. The van der Waals surface area contributed by atoms with E-state index in [1.54, 1.807) is 13.0 Å². The molecule has 1 atom stereocenters. The molecule has 1 aromatic rings. The molecule has 0 fully saturated rings. The number of nitrogens with zero attached hydrogens (tertiary/aromatic N) is 1. The third kappa shape index (κ3) is 7.65. The third-order valence-corrected chi connectivity index (χ3v) is 3.57. The Bertz CT molecular complexity index is 587. The average molecular weight is 350 g/mol. The normalized spacial score (nSPS) is 12.0. The predicted molar refractivity (Wildman–Crippen MR) is 96.9 cm³/mol. The first-order valence-electron chi connectivity index (χ1n) is 7.84. The van der Waals surface area contributed by atoms with E-state index < -0.39 is 0 Å². The van der Waals surface area contributed by atoms with Gasteiger partial charge in [-0.1, -0.05) is 35.7 Å². The topological polar surface area (TPSA) is 38.8 Å². The minimum absolute atomic E-state index is 0.0547. The van der Waals surface area contributed by atoms with Crippen molar-refractivity contribution in [2.75, 3.05) is 33.4 Å². The number of rotatable bonds is 9. The molecule has 0 saturated heterocycles. The van der Waals surface area contributed by atoms with E-state index in [2.05, 4.69) is 16.7 Å². The quantitative estimate of drug-likeness (QED) is 0.296. The van der Waals surface area contributed by atoms with Crippen molar-refractivity contribution < 1.29 is 14.3 Å². The zero-order valence-corrected chi connectivity index (χ0v) is 15.2. The molecule has 0 spiro atoms. The number of halogens is 1. The Balaban J connectivity index is 2.63. The highest BCUT2D eigenvalue weighted by Gasteiger charge is 2.16. The minimum Gasteiger partial charge on any atom is -0.463 e. The molecule has 4 nitrogen and oxygen atoms in total. The van der Waals surface area contributed by atoms with Crippen LogP contribution in [0.25, 0.3) is 0 Å². The largest absolute Gasteiger partial charge is 0.463 e. The standard InChI is InChI=1S/C19H24ClNO3/c1-4-6-13-21(3)18(16-9-11-17(20)12-10-16)15-23-14-7-8-19(22)24-5-2/h7-12,18H,5,13-15H2,1-3H3/b8-7+. The maximum absolute atomic E-state index is 11.2. The lowest BCUT2D eigenvalue weighted by atomic mass is 10.1. The number of likely N-dealkylation sites (N-methyl/N-ethyl adjacent to an activating group) is 1. The number of hydrogen-bond donors (Lipinski definition) is 0. The molecule has 0 radical (unpaired) electrons. The Morgan fingerprint density at radius 3 is 2.71 bits per heavy atom. The van der Waals surface area contributed by atoms with Crippen molar-refractivity contribution in [1.82, 2.24) is 4.90 Å². The van der Waals surface area contributed by atoms with Crippen molar-refractivity contribution in [3.63, 3.8) is 0 Å². The van der Waals surface area contributed by atoms with Gasteiger partial charge in [-0.3, -0.25) is 4.90 Å². The summed E-state index contributed by atoms with van der Waals surface area (Å²) in [6, 6.07) is 7.76. The summed E-state index contributed by atoms with van der Waals surface area (Å²) in [7, 11) is 2.00. The molecule has 0 N–H and O–H groups in total. The van der Waals surface area contributed by atoms with E-state index in [4.69, 9.17) is 21.1 Å². The summed E-state index contributed by atoms with van der Waals surface area (Å²) < 4.78 is 10.5. The molecule has 0 aromatic heterocycles. The smallest absolute Gasteiger partial charge is 0.330 e. The summed E-state index contributed by atoms with van der Waals surface area (Å²) in [5.74, 6) is 5.60. The number of benzene rings is 1. The summed E-state index contributed by atoms with van der Waals surface area (Å²) in [4.78, 5) is 13.3. The van der Waals surface area contributed by atoms with Gasteiger partial charge in [-0.05, 0) is 38.6 Å². The van der Waals surface area contributed by atoms with Crippen molar-refractivity contribution >= 4 is 17.6 Å². The van der Waals surface area contributed by atoms with Crippen LogP contribution < -0.4 is 0 Å². The van der Waals surface area contributed by atoms with Crippen molar-refractivity contribution in [3.8, 4) is 11.8 Å². The van der Waals surface area contributed by atoms with Gasteiger partial charge in [-0.2, -0.15) is 0 Å². The van der Waals surface area contributed by atoms with Gasteiger partial charge < -0.3 is 9.47 Å². The molecule has 5 heteroatoms. The number of carbonyl (C=O) groups excluding carboxylic acids is 1. The van der Waals surface area contributed by atoms with E-state index in [0.29, 0.717) is 31.4 Å². The number of hydrogen-bond acceptors (Lipinski definition) is 4. The zero-order chi connectivity index (χ0) is 17.8. The Labute approximate surface area is 149 Å². The van der Waals surface area contributed by atoms with Gasteiger partial charge in [-0.25, -0.2) is 4.79 Å². The molecule has 1 unspecified atom stereocenters. The lowest BCUT2D eigenvalue weighted by Gasteiger charge is -2.26. The lowest BCUT2D eigenvalue weighted by molar-refractivity contribution is -0.137. The number of carbonyl (C=O) groups is 1. The molecule has 0 amide bonds. The summed E-state index contributed by atoms with van der Waals surface area (Å²) in [6.45, 7) is 5.43. The summed E-state index contributed by atoms with van der Waals surface area (Å²) >= 11 is 5.96. The van der Waals surface area contributed by atoms with E-state index in [0.717, 1.165) is 5.56 Å². The molecular weight excluding hydrogens is 326 g/mol. The van der Waals surface area contributed by atoms with Gasteiger partial charge in [0.05, 0.1) is 32.4 Å². The van der Waals surface area contributed by atoms with Crippen LogP contribution in [0.3, 0.4) is 0 Å². The molecule has 0 heterocycles. The van der Waals surface area contributed by atoms with Crippen molar-refractivity contribution in [1.29, 1.82) is 0 Å².